The third-order valence-corrected chi connectivity index (χ3v) is 2.72. The highest BCUT2D eigenvalue weighted by atomic mass is 19.1. The molecule has 0 saturated carbocycles. The van der Waals surface area contributed by atoms with Crippen molar-refractivity contribution < 1.29 is 23.8 Å². The van der Waals surface area contributed by atoms with Crippen molar-refractivity contribution in [2.45, 2.75) is 44.5 Å². The molecule has 1 N–H and O–H groups in total. The van der Waals surface area contributed by atoms with Crippen molar-refractivity contribution in [2.24, 2.45) is 5.11 Å². The first-order valence-corrected chi connectivity index (χ1v) is 6.00. The summed E-state index contributed by atoms with van der Waals surface area (Å²) in [5.41, 5.74) is 5.35. The molecule has 0 radical (unpaired) electrons. The quantitative estimate of drug-likeness (QED) is 0.486. The molecule has 0 aromatic heterocycles. The monoisotopic (exact) mass is 288 g/mol. The van der Waals surface area contributed by atoms with Gasteiger partial charge in [0.2, 0.25) is 0 Å². The Morgan fingerprint density at radius 3 is 2.65 bits per heavy atom. The normalized spacial score (nSPS) is 26.0. The molecule has 1 aliphatic heterocycles. The number of ether oxygens (including phenoxy) is 1. The second kappa shape index (κ2) is 5.54. The molecule has 1 saturated heterocycles. The van der Waals surface area contributed by atoms with E-state index in [0.717, 1.165) is 4.90 Å². The number of hydrogen-bond donors (Lipinski definition) is 1. The molecule has 1 aliphatic rings. The number of amides is 1. The molecule has 20 heavy (non-hydrogen) atoms. The first kappa shape index (κ1) is 16.0. The number of carboxylic acids is 1. The first-order valence-electron chi connectivity index (χ1n) is 6.00. The number of nitrogens with zero attached hydrogens (tertiary/aromatic N) is 4. The molecule has 1 rings (SSSR count). The summed E-state index contributed by atoms with van der Waals surface area (Å²) in [6.07, 6.45) is -1.33. The lowest BCUT2D eigenvalue weighted by atomic mass is 10.0. The average Bonchev–Trinajstić information content (AvgIpc) is 2.64. The Morgan fingerprint density at radius 1 is 1.60 bits per heavy atom. The molecule has 0 aliphatic carbocycles. The van der Waals surface area contributed by atoms with Gasteiger partial charge in [-0.25, -0.2) is 14.0 Å². The standard InChI is InChI=1S/C11H17FN4O4/c1-10(2,3)20-9(19)16-6-11(12,5-14-15-13)4-7(16)8(17)18/h7H,4-6H2,1-3H3,(H,17,18)/t7-,11-/m0/s1. The van der Waals surface area contributed by atoms with Gasteiger partial charge in [0, 0.05) is 11.3 Å². The Morgan fingerprint density at radius 2 is 2.20 bits per heavy atom. The van der Waals surface area contributed by atoms with E-state index in [1.165, 1.54) is 0 Å². The molecule has 8 nitrogen and oxygen atoms in total. The van der Waals surface area contributed by atoms with Crippen LogP contribution >= 0.6 is 0 Å². The molecule has 0 spiro atoms. The third-order valence-electron chi connectivity index (χ3n) is 2.72. The molecule has 0 aromatic carbocycles. The van der Waals surface area contributed by atoms with Crippen LogP contribution in [-0.4, -0.2) is 52.5 Å². The maximum Gasteiger partial charge on any atom is 0.411 e. The van der Waals surface area contributed by atoms with E-state index >= 15 is 0 Å². The van der Waals surface area contributed by atoms with Gasteiger partial charge >= 0.3 is 12.1 Å². The van der Waals surface area contributed by atoms with Crippen molar-refractivity contribution in [1.82, 2.24) is 4.90 Å². The summed E-state index contributed by atoms with van der Waals surface area (Å²) in [5.74, 6) is -1.32. The summed E-state index contributed by atoms with van der Waals surface area (Å²) in [6.45, 7) is 3.88. The van der Waals surface area contributed by atoms with Crippen molar-refractivity contribution in [3.8, 4) is 0 Å². The van der Waals surface area contributed by atoms with Crippen LogP contribution < -0.4 is 0 Å². The van der Waals surface area contributed by atoms with Crippen molar-refractivity contribution in [3.63, 3.8) is 0 Å². The molecule has 1 fully saturated rings. The second-order valence-corrected chi connectivity index (χ2v) is 5.71. The van der Waals surface area contributed by atoms with E-state index in [0.29, 0.717) is 0 Å². The van der Waals surface area contributed by atoms with Crippen LogP contribution in [0.2, 0.25) is 0 Å². The van der Waals surface area contributed by atoms with Gasteiger partial charge in [0.1, 0.15) is 17.3 Å². The summed E-state index contributed by atoms with van der Waals surface area (Å²) in [5, 5.41) is 12.2. The van der Waals surface area contributed by atoms with E-state index < -0.39 is 48.9 Å². The fourth-order valence-electron chi connectivity index (χ4n) is 1.94. The van der Waals surface area contributed by atoms with E-state index in [1.54, 1.807) is 20.8 Å². The molecule has 1 heterocycles. The van der Waals surface area contributed by atoms with Crippen LogP contribution in [0.1, 0.15) is 27.2 Å². The smallest absolute Gasteiger partial charge is 0.411 e. The molecule has 9 heteroatoms. The Kier molecular flexibility index (Phi) is 4.44. The van der Waals surface area contributed by atoms with Crippen LogP contribution in [0.15, 0.2) is 5.11 Å². The molecule has 0 aromatic rings. The summed E-state index contributed by atoms with van der Waals surface area (Å²) in [4.78, 5) is 26.3. The lowest BCUT2D eigenvalue weighted by molar-refractivity contribution is -0.142. The lowest BCUT2D eigenvalue weighted by Gasteiger charge is -2.26. The SMILES string of the molecule is CC(C)(C)OC(=O)N1C[C@@](F)(CN=[N+]=[N-])C[C@H]1C(=O)O. The van der Waals surface area contributed by atoms with Crippen LogP contribution in [0.5, 0.6) is 0 Å². The Labute approximate surface area is 115 Å². The highest BCUT2D eigenvalue weighted by Crippen LogP contribution is 2.32. The van der Waals surface area contributed by atoms with Gasteiger partial charge in [0.25, 0.3) is 0 Å². The molecule has 112 valence electrons. The van der Waals surface area contributed by atoms with E-state index in [-0.39, 0.29) is 0 Å². The van der Waals surface area contributed by atoms with Crippen LogP contribution in [0.3, 0.4) is 0 Å². The van der Waals surface area contributed by atoms with Crippen molar-refractivity contribution in [2.75, 3.05) is 13.1 Å². The molecule has 1 amide bonds. The Hall–Kier alpha value is -2.02. The highest BCUT2D eigenvalue weighted by Gasteiger charge is 2.50. The van der Waals surface area contributed by atoms with Gasteiger partial charge in [-0.1, -0.05) is 5.11 Å². The van der Waals surface area contributed by atoms with Crippen LogP contribution in [0.4, 0.5) is 9.18 Å². The Balaban J connectivity index is 2.90. The van der Waals surface area contributed by atoms with Crippen molar-refractivity contribution >= 4 is 12.1 Å². The summed E-state index contributed by atoms with van der Waals surface area (Å²) >= 11 is 0. The minimum atomic E-state index is -2.05. The number of alkyl halides is 1. The zero-order chi connectivity index (χ0) is 15.6. The van der Waals surface area contributed by atoms with Crippen molar-refractivity contribution in [3.05, 3.63) is 10.4 Å². The minimum Gasteiger partial charge on any atom is -0.480 e. The summed E-state index contributed by atoms with van der Waals surface area (Å²) in [6, 6.07) is -1.33. The van der Waals surface area contributed by atoms with E-state index in [4.69, 9.17) is 15.4 Å². The maximum absolute atomic E-state index is 14.4. The maximum atomic E-state index is 14.4. The molecular weight excluding hydrogens is 271 g/mol. The van der Waals surface area contributed by atoms with E-state index in [9.17, 15) is 14.0 Å². The number of carboxylic acid groups (broad SMARTS) is 1. The van der Waals surface area contributed by atoms with Gasteiger partial charge in [-0.2, -0.15) is 0 Å². The number of carbonyl (C=O) groups excluding carboxylic acids is 1. The van der Waals surface area contributed by atoms with Gasteiger partial charge in [-0.3, -0.25) is 4.90 Å². The highest BCUT2D eigenvalue weighted by molar-refractivity contribution is 5.81. The fraction of sp³-hybridized carbons (Fsp3) is 0.818. The lowest BCUT2D eigenvalue weighted by Crippen LogP contribution is -2.44. The van der Waals surface area contributed by atoms with Gasteiger partial charge in [-0.15, -0.1) is 0 Å². The third kappa shape index (κ3) is 3.99. The minimum absolute atomic E-state index is 0.430. The molecule has 2 atom stereocenters. The van der Waals surface area contributed by atoms with Gasteiger partial charge in [0.05, 0.1) is 13.1 Å². The zero-order valence-electron chi connectivity index (χ0n) is 11.5. The molecule has 0 unspecified atom stereocenters. The predicted molar refractivity (Wildman–Crippen MR) is 66.8 cm³/mol. The molecule has 0 bridgehead atoms. The van der Waals surface area contributed by atoms with Crippen LogP contribution in [0.25, 0.3) is 10.4 Å². The predicted octanol–water partition coefficient (Wildman–Crippen LogP) is 2.10. The molecular formula is C11H17FN4O4. The average molecular weight is 288 g/mol. The number of hydrogen-bond acceptors (Lipinski definition) is 4. The van der Waals surface area contributed by atoms with Gasteiger partial charge < -0.3 is 9.84 Å². The number of aliphatic carboxylic acids is 1. The Bertz CT molecular complexity index is 458. The van der Waals surface area contributed by atoms with Crippen LogP contribution in [0, 0.1) is 0 Å². The topological polar surface area (TPSA) is 116 Å². The summed E-state index contributed by atoms with van der Waals surface area (Å²) < 4.78 is 19.4. The number of azide groups is 1. The number of carbonyl (C=O) groups is 2. The second-order valence-electron chi connectivity index (χ2n) is 5.71. The largest absolute Gasteiger partial charge is 0.480 e. The van der Waals surface area contributed by atoms with E-state index in [1.807, 2.05) is 0 Å². The first-order chi connectivity index (χ1) is 9.08. The zero-order valence-corrected chi connectivity index (χ0v) is 11.5. The van der Waals surface area contributed by atoms with Crippen LogP contribution in [-0.2, 0) is 9.53 Å². The summed E-state index contributed by atoms with van der Waals surface area (Å²) in [7, 11) is 0. The van der Waals surface area contributed by atoms with Crippen molar-refractivity contribution in [1.29, 1.82) is 0 Å². The fourth-order valence-corrected chi connectivity index (χ4v) is 1.94. The van der Waals surface area contributed by atoms with E-state index in [2.05, 4.69) is 10.0 Å². The number of likely N-dealkylation sites (tertiary alicyclic amines) is 1. The van der Waals surface area contributed by atoms with Gasteiger partial charge in [-0.05, 0) is 26.3 Å². The van der Waals surface area contributed by atoms with Gasteiger partial charge in [0.15, 0.2) is 0 Å². The number of rotatable bonds is 3. The number of halogens is 1.